The van der Waals surface area contributed by atoms with E-state index in [1.165, 1.54) is 24.4 Å². The van der Waals surface area contributed by atoms with Crippen molar-refractivity contribution in [1.29, 1.82) is 0 Å². The first-order valence-electron chi connectivity index (χ1n) is 11.4. The van der Waals surface area contributed by atoms with Gasteiger partial charge in [0.1, 0.15) is 17.0 Å². The van der Waals surface area contributed by atoms with E-state index >= 15 is 0 Å². The molecule has 7 nitrogen and oxygen atoms in total. The first-order chi connectivity index (χ1) is 16.1. The van der Waals surface area contributed by atoms with Crippen molar-refractivity contribution in [3.8, 4) is 5.75 Å². The number of esters is 1. The smallest absolute Gasteiger partial charge is 0.337 e. The Hall–Kier alpha value is -2.81. The highest BCUT2D eigenvalue weighted by Gasteiger charge is 2.32. The van der Waals surface area contributed by atoms with Gasteiger partial charge in [-0.2, -0.15) is 0 Å². The number of nitrogens with one attached hydrogen (secondary N) is 1. The fourth-order valence-electron chi connectivity index (χ4n) is 3.73. The van der Waals surface area contributed by atoms with E-state index in [1.807, 2.05) is 34.6 Å². The second-order valence-corrected chi connectivity index (χ2v) is 11.7. The molecule has 2 N–H and O–H groups in total. The third-order valence-electron chi connectivity index (χ3n) is 4.90. The van der Waals surface area contributed by atoms with E-state index < -0.39 is 23.0 Å². The summed E-state index contributed by atoms with van der Waals surface area (Å²) in [6.07, 6.45) is 2.79. The summed E-state index contributed by atoms with van der Waals surface area (Å²) in [6, 6.07) is 7.65. The molecule has 2 aromatic rings. The normalized spacial score (nSPS) is 12.2. The number of rotatable bonds is 11. The molecule has 0 saturated heterocycles. The summed E-state index contributed by atoms with van der Waals surface area (Å²) in [7, 11) is 0. The number of benzene rings is 1. The zero-order valence-corrected chi connectivity index (χ0v) is 22.2. The number of carboxylic acids is 1. The lowest BCUT2D eigenvalue weighted by Gasteiger charge is -2.35. The molecule has 1 aromatic heterocycles. The number of ether oxygens (including phenoxy) is 2. The Labute approximate surface area is 211 Å². The lowest BCUT2D eigenvalue weighted by Crippen LogP contribution is -2.35. The maximum absolute atomic E-state index is 14.8. The molecule has 1 heterocycles. The second kappa shape index (κ2) is 11.3. The molecule has 2 rings (SSSR count). The maximum atomic E-state index is 14.8. The highest BCUT2D eigenvalue weighted by molar-refractivity contribution is 8.00. The van der Waals surface area contributed by atoms with Crippen LogP contribution in [-0.2, 0) is 9.53 Å². The molecule has 0 saturated carbocycles. The van der Waals surface area contributed by atoms with Gasteiger partial charge >= 0.3 is 11.9 Å². The Balaban J connectivity index is 1.93. The lowest BCUT2D eigenvalue weighted by atomic mass is 9.78. The zero-order valence-electron chi connectivity index (χ0n) is 21.4. The summed E-state index contributed by atoms with van der Waals surface area (Å²) < 4.78 is 29.2. The molecule has 1 aromatic carbocycles. The third kappa shape index (κ3) is 10.1. The predicted molar refractivity (Wildman–Crippen MR) is 135 cm³/mol. The highest BCUT2D eigenvalue weighted by atomic mass is 32.2. The Morgan fingerprint density at radius 2 is 1.77 bits per heavy atom. The number of hydrogen-bond donors (Lipinski definition) is 2. The van der Waals surface area contributed by atoms with Crippen LogP contribution in [0.2, 0.25) is 0 Å². The minimum Gasteiger partial charge on any atom is -0.485 e. The van der Waals surface area contributed by atoms with Crippen LogP contribution in [0.15, 0.2) is 41.4 Å². The van der Waals surface area contributed by atoms with Gasteiger partial charge in [0.25, 0.3) is 0 Å². The van der Waals surface area contributed by atoms with E-state index in [9.17, 15) is 14.0 Å². The molecule has 35 heavy (non-hydrogen) atoms. The Morgan fingerprint density at radius 3 is 2.31 bits per heavy atom. The van der Waals surface area contributed by atoms with Crippen molar-refractivity contribution in [2.24, 2.45) is 5.41 Å². The maximum Gasteiger partial charge on any atom is 0.337 e. The molecule has 0 amide bonds. The number of aromatic nitrogens is 1. The molecular weight excluding hydrogens is 471 g/mol. The number of hydrogen-bond acceptors (Lipinski definition) is 7. The summed E-state index contributed by atoms with van der Waals surface area (Å²) in [5, 5.41) is 8.93. The van der Waals surface area contributed by atoms with Gasteiger partial charge in [-0.15, -0.1) is 0 Å². The minimum absolute atomic E-state index is 0.0868. The zero-order chi connectivity index (χ0) is 26.4. The Kier molecular flexibility index (Phi) is 9.17. The average molecular weight is 507 g/mol. The van der Waals surface area contributed by atoms with Crippen LogP contribution in [0.4, 0.5) is 10.2 Å². The van der Waals surface area contributed by atoms with Crippen LogP contribution >= 0.6 is 11.9 Å². The standard InChI is InChI=1S/C26H35FN2O5S/c1-24(2,3)34-22(30)12-13-25(4,5)16-26(6,7)33-20-10-9-18(14-19(20)27)35-29-21-11-8-17(15-28-21)23(31)32/h8-11,14-15H,12-13,16H2,1-7H3,(H,28,29)(H,31,32). The van der Waals surface area contributed by atoms with Gasteiger partial charge in [0, 0.05) is 17.5 Å². The fourth-order valence-corrected chi connectivity index (χ4v) is 4.37. The van der Waals surface area contributed by atoms with E-state index in [1.54, 1.807) is 12.1 Å². The fraction of sp³-hybridized carbons (Fsp3) is 0.500. The van der Waals surface area contributed by atoms with E-state index in [4.69, 9.17) is 14.6 Å². The SMILES string of the molecule is CC(C)(CCC(=O)OC(C)(C)C)CC(C)(C)Oc1ccc(SNc2ccc(C(=O)O)cn2)cc1F. The number of pyridine rings is 1. The molecule has 0 radical (unpaired) electrons. The summed E-state index contributed by atoms with van der Waals surface area (Å²) in [6.45, 7) is 13.4. The molecule has 0 spiro atoms. The largest absolute Gasteiger partial charge is 0.485 e. The summed E-state index contributed by atoms with van der Waals surface area (Å²) in [5.41, 5.74) is -1.31. The van der Waals surface area contributed by atoms with Gasteiger partial charge in [-0.25, -0.2) is 14.2 Å². The summed E-state index contributed by atoms with van der Waals surface area (Å²) in [4.78, 5) is 27.6. The molecule has 0 atom stereocenters. The predicted octanol–water partition coefficient (Wildman–Crippen LogP) is 6.73. The molecule has 0 aliphatic heterocycles. The second-order valence-electron chi connectivity index (χ2n) is 10.8. The van der Waals surface area contributed by atoms with Crippen LogP contribution in [0.5, 0.6) is 5.75 Å². The van der Waals surface area contributed by atoms with Gasteiger partial charge in [-0.05, 0) is 95.2 Å². The summed E-state index contributed by atoms with van der Waals surface area (Å²) >= 11 is 1.15. The van der Waals surface area contributed by atoms with Crippen molar-refractivity contribution >= 4 is 29.7 Å². The number of carbonyl (C=O) groups is 2. The van der Waals surface area contributed by atoms with Gasteiger partial charge < -0.3 is 19.3 Å². The van der Waals surface area contributed by atoms with E-state index in [-0.39, 0.29) is 22.7 Å². The van der Waals surface area contributed by atoms with E-state index in [2.05, 4.69) is 23.6 Å². The number of aromatic carboxylic acids is 1. The topological polar surface area (TPSA) is 97.8 Å². The van der Waals surface area contributed by atoms with Gasteiger partial charge in [0.05, 0.1) is 5.56 Å². The highest BCUT2D eigenvalue weighted by Crippen LogP contribution is 2.36. The average Bonchev–Trinajstić information content (AvgIpc) is 2.71. The van der Waals surface area contributed by atoms with Gasteiger partial charge in [0.2, 0.25) is 0 Å². The van der Waals surface area contributed by atoms with E-state index in [0.717, 1.165) is 11.9 Å². The van der Waals surface area contributed by atoms with Crippen LogP contribution in [0.3, 0.4) is 0 Å². The van der Waals surface area contributed by atoms with Crippen LogP contribution < -0.4 is 9.46 Å². The van der Waals surface area contributed by atoms with Crippen LogP contribution in [0.1, 0.15) is 78.1 Å². The van der Waals surface area contributed by atoms with Crippen molar-refractivity contribution in [1.82, 2.24) is 4.98 Å². The number of carboxylic acid groups (broad SMARTS) is 1. The number of anilines is 1. The lowest BCUT2D eigenvalue weighted by molar-refractivity contribution is -0.155. The van der Waals surface area contributed by atoms with Crippen molar-refractivity contribution in [2.45, 2.75) is 83.8 Å². The molecule has 192 valence electrons. The van der Waals surface area contributed by atoms with E-state index in [0.29, 0.717) is 30.0 Å². The minimum atomic E-state index is -1.05. The van der Waals surface area contributed by atoms with Gasteiger partial charge in [-0.3, -0.25) is 4.79 Å². The first-order valence-corrected chi connectivity index (χ1v) is 12.2. The van der Waals surface area contributed by atoms with Gasteiger partial charge in [0.15, 0.2) is 11.6 Å². The molecular formula is C26H35FN2O5S. The van der Waals surface area contributed by atoms with Crippen molar-refractivity contribution in [3.05, 3.63) is 47.9 Å². The van der Waals surface area contributed by atoms with Crippen LogP contribution in [-0.4, -0.2) is 33.2 Å². The summed E-state index contributed by atoms with van der Waals surface area (Å²) in [5.74, 6) is -1.18. The van der Waals surface area contributed by atoms with Crippen molar-refractivity contribution in [3.63, 3.8) is 0 Å². The van der Waals surface area contributed by atoms with Crippen LogP contribution in [0, 0.1) is 11.2 Å². The molecule has 0 aliphatic carbocycles. The van der Waals surface area contributed by atoms with Crippen molar-refractivity contribution in [2.75, 3.05) is 4.72 Å². The van der Waals surface area contributed by atoms with Crippen molar-refractivity contribution < 1.29 is 28.6 Å². The van der Waals surface area contributed by atoms with Gasteiger partial charge in [-0.1, -0.05) is 13.8 Å². The molecule has 0 aliphatic rings. The molecule has 9 heteroatoms. The molecule has 0 bridgehead atoms. The monoisotopic (exact) mass is 506 g/mol. The molecule has 0 fully saturated rings. The number of carbonyl (C=O) groups excluding carboxylic acids is 1. The third-order valence-corrected chi connectivity index (χ3v) is 5.70. The molecule has 0 unspecified atom stereocenters. The quantitative estimate of drug-likeness (QED) is 0.256. The Morgan fingerprint density at radius 1 is 1.09 bits per heavy atom. The number of nitrogens with zero attached hydrogens (tertiary/aromatic N) is 1. The van der Waals surface area contributed by atoms with Crippen LogP contribution in [0.25, 0.3) is 0 Å². The first kappa shape index (κ1) is 28.4. The number of halogens is 1. The Bertz CT molecular complexity index is 1030.